The number of nitrogens with two attached hydrogens (primary N) is 1. The van der Waals surface area contributed by atoms with Crippen LogP contribution in [0.15, 0.2) is 18.2 Å². The van der Waals surface area contributed by atoms with Crippen molar-refractivity contribution in [2.75, 3.05) is 5.32 Å². The Bertz CT molecular complexity index is 470. The van der Waals surface area contributed by atoms with Crippen LogP contribution >= 0.6 is 12.2 Å². The van der Waals surface area contributed by atoms with Crippen molar-refractivity contribution < 1.29 is 4.39 Å². The molecule has 2 rings (SSSR count). The molecule has 1 unspecified atom stereocenters. The summed E-state index contributed by atoms with van der Waals surface area (Å²) in [6.45, 7) is 2.19. The molecular formula is C16H23FN2S. The average molecular weight is 294 g/mol. The number of halogens is 1. The van der Waals surface area contributed by atoms with Crippen molar-refractivity contribution in [1.29, 1.82) is 0 Å². The summed E-state index contributed by atoms with van der Waals surface area (Å²) >= 11 is 4.82. The first-order chi connectivity index (χ1) is 9.61. The molecule has 1 aromatic rings. The first-order valence-electron chi connectivity index (χ1n) is 7.47. The van der Waals surface area contributed by atoms with Gasteiger partial charge in [0, 0.05) is 17.3 Å². The molecule has 0 bridgehead atoms. The van der Waals surface area contributed by atoms with Gasteiger partial charge in [-0.1, -0.05) is 38.4 Å². The molecule has 0 spiro atoms. The Balaban J connectivity index is 2.07. The molecule has 20 heavy (non-hydrogen) atoms. The number of hydrogen-bond donors (Lipinski definition) is 2. The minimum absolute atomic E-state index is 0.105. The van der Waals surface area contributed by atoms with Gasteiger partial charge in [0.1, 0.15) is 10.8 Å². The Morgan fingerprint density at radius 1 is 1.40 bits per heavy atom. The van der Waals surface area contributed by atoms with Crippen LogP contribution in [0.4, 0.5) is 10.1 Å². The molecule has 0 aliphatic heterocycles. The predicted octanol–water partition coefficient (Wildman–Crippen LogP) is 4.23. The van der Waals surface area contributed by atoms with E-state index in [4.69, 9.17) is 18.0 Å². The van der Waals surface area contributed by atoms with Gasteiger partial charge < -0.3 is 11.1 Å². The molecule has 0 saturated heterocycles. The maximum absolute atomic E-state index is 13.9. The Kier molecular flexibility index (Phi) is 5.35. The molecule has 1 aliphatic carbocycles. The zero-order chi connectivity index (χ0) is 14.5. The van der Waals surface area contributed by atoms with Gasteiger partial charge in [0.15, 0.2) is 0 Å². The summed E-state index contributed by atoms with van der Waals surface area (Å²) in [5, 5.41) is 3.48. The second kappa shape index (κ2) is 7.02. The Morgan fingerprint density at radius 2 is 2.10 bits per heavy atom. The van der Waals surface area contributed by atoms with Crippen LogP contribution in [0.2, 0.25) is 0 Å². The summed E-state index contributed by atoms with van der Waals surface area (Å²) < 4.78 is 13.9. The standard InChI is InChI=1S/C16H23FN2S/c1-2-15(11-6-4-3-5-7-11)19-12-8-9-13(16(18)20)14(17)10-12/h8-11,15,19H,2-7H2,1H3,(H2,18,20). The van der Waals surface area contributed by atoms with E-state index in [1.54, 1.807) is 6.07 Å². The molecule has 1 saturated carbocycles. The van der Waals surface area contributed by atoms with E-state index in [2.05, 4.69) is 12.2 Å². The minimum atomic E-state index is -0.346. The van der Waals surface area contributed by atoms with Crippen LogP contribution < -0.4 is 11.1 Å². The van der Waals surface area contributed by atoms with Crippen LogP contribution in [0.25, 0.3) is 0 Å². The zero-order valence-corrected chi connectivity index (χ0v) is 12.8. The maximum atomic E-state index is 13.9. The molecule has 4 heteroatoms. The first-order valence-corrected chi connectivity index (χ1v) is 7.88. The third-order valence-corrected chi connectivity index (χ3v) is 4.47. The van der Waals surface area contributed by atoms with E-state index in [1.807, 2.05) is 6.07 Å². The lowest BCUT2D eigenvalue weighted by Gasteiger charge is -2.31. The summed E-state index contributed by atoms with van der Waals surface area (Å²) in [4.78, 5) is 0.105. The Hall–Kier alpha value is -1.16. The van der Waals surface area contributed by atoms with E-state index in [0.717, 1.165) is 12.1 Å². The molecule has 110 valence electrons. The highest BCUT2D eigenvalue weighted by molar-refractivity contribution is 7.80. The molecule has 0 amide bonds. The van der Waals surface area contributed by atoms with Crippen molar-refractivity contribution in [3.8, 4) is 0 Å². The SMILES string of the molecule is CCC(Nc1ccc(C(N)=S)c(F)c1)C1CCCCC1. The maximum Gasteiger partial charge on any atom is 0.135 e. The van der Waals surface area contributed by atoms with Crippen molar-refractivity contribution >= 4 is 22.9 Å². The lowest BCUT2D eigenvalue weighted by Crippen LogP contribution is -2.30. The molecule has 1 aromatic carbocycles. The fourth-order valence-electron chi connectivity index (χ4n) is 3.11. The van der Waals surface area contributed by atoms with E-state index in [-0.39, 0.29) is 10.8 Å². The number of benzene rings is 1. The molecular weight excluding hydrogens is 271 g/mol. The van der Waals surface area contributed by atoms with Gasteiger partial charge in [-0.05, 0) is 43.4 Å². The normalized spacial score (nSPS) is 17.7. The highest BCUT2D eigenvalue weighted by Gasteiger charge is 2.22. The van der Waals surface area contributed by atoms with Crippen LogP contribution in [0.1, 0.15) is 51.0 Å². The summed E-state index contributed by atoms with van der Waals surface area (Å²) in [5.41, 5.74) is 6.62. The van der Waals surface area contributed by atoms with Gasteiger partial charge >= 0.3 is 0 Å². The van der Waals surface area contributed by atoms with E-state index in [0.29, 0.717) is 17.5 Å². The van der Waals surface area contributed by atoms with Gasteiger partial charge in [0.2, 0.25) is 0 Å². The van der Waals surface area contributed by atoms with Gasteiger partial charge in [-0.25, -0.2) is 4.39 Å². The summed E-state index contributed by atoms with van der Waals surface area (Å²) in [5.74, 6) is 0.355. The summed E-state index contributed by atoms with van der Waals surface area (Å²) in [7, 11) is 0. The molecule has 0 aromatic heterocycles. The summed E-state index contributed by atoms with van der Waals surface area (Å²) in [6.07, 6.45) is 7.60. The van der Waals surface area contributed by atoms with Crippen molar-refractivity contribution in [2.45, 2.75) is 51.5 Å². The molecule has 1 atom stereocenters. The minimum Gasteiger partial charge on any atom is -0.389 e. The largest absolute Gasteiger partial charge is 0.389 e. The van der Waals surface area contributed by atoms with E-state index < -0.39 is 0 Å². The third-order valence-electron chi connectivity index (χ3n) is 4.25. The van der Waals surface area contributed by atoms with E-state index in [1.165, 1.54) is 38.2 Å². The summed E-state index contributed by atoms with van der Waals surface area (Å²) in [6, 6.07) is 5.45. The van der Waals surface area contributed by atoms with Gasteiger partial charge in [-0.2, -0.15) is 0 Å². The van der Waals surface area contributed by atoms with Crippen molar-refractivity contribution in [1.82, 2.24) is 0 Å². The van der Waals surface area contributed by atoms with Crippen LogP contribution in [0.3, 0.4) is 0 Å². The first kappa shape index (κ1) is 15.2. The second-order valence-electron chi connectivity index (χ2n) is 5.62. The lowest BCUT2D eigenvalue weighted by molar-refractivity contribution is 0.313. The predicted molar refractivity (Wildman–Crippen MR) is 86.6 cm³/mol. The fourth-order valence-corrected chi connectivity index (χ4v) is 3.27. The monoisotopic (exact) mass is 294 g/mol. The van der Waals surface area contributed by atoms with Crippen LogP contribution in [-0.2, 0) is 0 Å². The Morgan fingerprint density at radius 3 is 2.65 bits per heavy atom. The third kappa shape index (κ3) is 3.69. The van der Waals surface area contributed by atoms with Crippen molar-refractivity contribution in [3.63, 3.8) is 0 Å². The number of rotatable bonds is 5. The molecule has 1 fully saturated rings. The molecule has 0 heterocycles. The van der Waals surface area contributed by atoms with Crippen LogP contribution in [-0.4, -0.2) is 11.0 Å². The quantitative estimate of drug-likeness (QED) is 0.798. The number of anilines is 1. The molecule has 3 N–H and O–H groups in total. The Labute approximate surface area is 125 Å². The molecule has 2 nitrogen and oxygen atoms in total. The highest BCUT2D eigenvalue weighted by atomic mass is 32.1. The van der Waals surface area contributed by atoms with E-state index in [9.17, 15) is 4.39 Å². The second-order valence-corrected chi connectivity index (χ2v) is 6.06. The number of hydrogen-bond acceptors (Lipinski definition) is 2. The fraction of sp³-hybridized carbons (Fsp3) is 0.562. The van der Waals surface area contributed by atoms with Crippen molar-refractivity contribution in [2.24, 2.45) is 11.7 Å². The highest BCUT2D eigenvalue weighted by Crippen LogP contribution is 2.29. The smallest absolute Gasteiger partial charge is 0.135 e. The zero-order valence-electron chi connectivity index (χ0n) is 12.0. The molecule has 0 radical (unpaired) electrons. The number of nitrogens with one attached hydrogen (secondary N) is 1. The molecule has 1 aliphatic rings. The van der Waals surface area contributed by atoms with Gasteiger partial charge in [0.05, 0.1) is 0 Å². The van der Waals surface area contributed by atoms with Crippen LogP contribution in [0.5, 0.6) is 0 Å². The van der Waals surface area contributed by atoms with Gasteiger partial charge in [-0.3, -0.25) is 0 Å². The van der Waals surface area contributed by atoms with Crippen molar-refractivity contribution in [3.05, 3.63) is 29.6 Å². The van der Waals surface area contributed by atoms with Crippen LogP contribution in [0, 0.1) is 11.7 Å². The average Bonchev–Trinajstić information content (AvgIpc) is 2.45. The lowest BCUT2D eigenvalue weighted by atomic mass is 9.83. The topological polar surface area (TPSA) is 38.0 Å². The number of thiocarbonyl (C=S) groups is 1. The van der Waals surface area contributed by atoms with Gasteiger partial charge in [-0.15, -0.1) is 0 Å². The van der Waals surface area contributed by atoms with E-state index >= 15 is 0 Å². The van der Waals surface area contributed by atoms with Gasteiger partial charge in [0.25, 0.3) is 0 Å².